The molecule has 0 saturated carbocycles. The average molecular weight is 1010 g/mol. The van der Waals surface area contributed by atoms with E-state index in [9.17, 15) is 18.9 Å². The van der Waals surface area contributed by atoms with Crippen molar-refractivity contribution in [1.82, 2.24) is 34.6 Å². The van der Waals surface area contributed by atoms with E-state index in [1.54, 1.807) is 19.5 Å². The summed E-state index contributed by atoms with van der Waals surface area (Å²) in [7, 11) is -2.75. The van der Waals surface area contributed by atoms with Crippen molar-refractivity contribution in [2.24, 2.45) is 0 Å². The number of anilines is 5. The van der Waals surface area contributed by atoms with Gasteiger partial charge in [-0.2, -0.15) is 4.98 Å². The standard InChI is InChI=1S/C50H60BrN10O6P/c1-6-31-28-39(55-49-52-30-36(51)47(57-49)54-38-15-14-37-35(46(38)68(4,5)65)13-12-33(7-2)53-37)43(66-8-3)29-42(31)60-22-19-34(20-23-60)59-26-24-58(25-27-59)21-18-32-10-9-11-40-45(32)67-50(64)61(40)41-16-17-44(62)56-48(41)63/h9-15,28-30,34,41H,6-8,16-27H2,1-5H3,(H,56,62,63)(H2,52,54,55,57). The molecule has 3 aliphatic rings. The van der Waals surface area contributed by atoms with E-state index in [2.05, 4.69) is 77.5 Å². The SMILES string of the molecule is CCOc1cc(N2CCC(N3CCN(CCc4cccc5c4oc(=O)n5C4CCC(=O)NC4=O)CC3)CC2)c(CC)cc1Nc1ncc(Br)c(Nc2ccc3nc(CC)ccc3c2P(C)(C)=O)n1. The first-order chi connectivity index (χ1) is 32.8. The molecule has 3 aliphatic heterocycles. The summed E-state index contributed by atoms with van der Waals surface area (Å²) < 4.78 is 27.8. The molecule has 1 unspecified atom stereocenters. The van der Waals surface area contributed by atoms with Crippen molar-refractivity contribution < 1.29 is 23.3 Å². The maximum atomic E-state index is 13.8. The molecule has 68 heavy (non-hydrogen) atoms. The van der Waals surface area contributed by atoms with Gasteiger partial charge in [0.05, 0.1) is 33.5 Å². The van der Waals surface area contributed by atoms with Gasteiger partial charge in [0, 0.05) is 92.6 Å². The molecule has 18 heteroatoms. The highest BCUT2D eigenvalue weighted by Gasteiger charge is 2.33. The monoisotopic (exact) mass is 1010 g/mol. The molecule has 2 amide bonds. The van der Waals surface area contributed by atoms with Crippen LogP contribution in [0, 0.1) is 0 Å². The van der Waals surface area contributed by atoms with Crippen LogP contribution in [0.4, 0.5) is 28.8 Å². The normalized spacial score (nSPS) is 17.8. The van der Waals surface area contributed by atoms with Gasteiger partial charge in [0.2, 0.25) is 17.8 Å². The van der Waals surface area contributed by atoms with Crippen molar-refractivity contribution in [3.8, 4) is 5.75 Å². The highest BCUT2D eigenvalue weighted by Crippen LogP contribution is 2.42. The first kappa shape index (κ1) is 47.5. The zero-order valence-corrected chi connectivity index (χ0v) is 41.9. The first-order valence-electron chi connectivity index (χ1n) is 23.8. The number of piperidine rings is 2. The second kappa shape index (κ2) is 20.2. The Morgan fingerprint density at radius 1 is 0.882 bits per heavy atom. The number of amides is 2. The summed E-state index contributed by atoms with van der Waals surface area (Å²) in [4.78, 5) is 59.2. The number of hydrogen-bond donors (Lipinski definition) is 3. The van der Waals surface area contributed by atoms with Gasteiger partial charge in [0.1, 0.15) is 24.8 Å². The van der Waals surface area contributed by atoms with Crippen molar-refractivity contribution in [3.63, 3.8) is 0 Å². The van der Waals surface area contributed by atoms with Gasteiger partial charge >= 0.3 is 5.76 Å². The zero-order chi connectivity index (χ0) is 47.7. The number of nitrogens with one attached hydrogen (secondary N) is 3. The highest BCUT2D eigenvalue weighted by atomic mass is 79.9. The lowest BCUT2D eigenvalue weighted by Crippen LogP contribution is -2.53. The summed E-state index contributed by atoms with van der Waals surface area (Å²) in [5.41, 5.74) is 7.75. The lowest BCUT2D eigenvalue weighted by molar-refractivity contribution is -0.135. The molecular weight excluding hydrogens is 947 g/mol. The number of carbonyl (C=O) groups is 2. The van der Waals surface area contributed by atoms with Crippen LogP contribution in [0.5, 0.6) is 5.75 Å². The number of aryl methyl sites for hydroxylation is 2. The fraction of sp³-hybridized carbons (Fsp3) is 0.440. The number of nitrogens with zero attached hydrogens (tertiary/aromatic N) is 7. The number of piperazine rings is 1. The number of carbonyl (C=O) groups excluding carboxylic acids is 2. The van der Waals surface area contributed by atoms with E-state index < -0.39 is 24.8 Å². The van der Waals surface area contributed by atoms with Crippen LogP contribution in [-0.2, 0) is 33.4 Å². The van der Waals surface area contributed by atoms with Crippen LogP contribution in [0.2, 0.25) is 0 Å². The smallest absolute Gasteiger partial charge is 0.420 e. The van der Waals surface area contributed by atoms with E-state index in [0.29, 0.717) is 45.7 Å². The summed E-state index contributed by atoms with van der Waals surface area (Å²) in [6, 6.07) is 17.7. The maximum absolute atomic E-state index is 13.8. The Kier molecular flexibility index (Phi) is 14.1. The third kappa shape index (κ3) is 9.94. The number of fused-ring (bicyclic) bond motifs is 2. The molecule has 3 aromatic carbocycles. The van der Waals surface area contributed by atoms with Crippen LogP contribution in [0.1, 0.15) is 69.3 Å². The summed E-state index contributed by atoms with van der Waals surface area (Å²) in [6.07, 6.45) is 6.69. The number of oxazole rings is 1. The van der Waals surface area contributed by atoms with Gasteiger partial charge in [0.15, 0.2) is 5.58 Å². The van der Waals surface area contributed by atoms with E-state index in [4.69, 9.17) is 19.1 Å². The summed E-state index contributed by atoms with van der Waals surface area (Å²) in [6.45, 7) is 17.0. The van der Waals surface area contributed by atoms with E-state index in [1.165, 1.54) is 15.8 Å². The third-order valence-corrected chi connectivity index (χ3v) is 15.7. The molecule has 0 spiro atoms. The molecule has 1 atom stereocenters. The van der Waals surface area contributed by atoms with Gasteiger partial charge in [-0.15, -0.1) is 0 Å². The van der Waals surface area contributed by atoms with E-state index in [0.717, 1.165) is 117 Å². The summed E-state index contributed by atoms with van der Waals surface area (Å²) >= 11 is 3.64. The number of para-hydroxylation sites is 1. The molecular formula is C50H60BrN10O6P. The minimum Gasteiger partial charge on any atom is -0.492 e. The Bertz CT molecular complexity index is 2970. The van der Waals surface area contributed by atoms with E-state index in [1.807, 2.05) is 49.4 Å². The van der Waals surface area contributed by atoms with Crippen molar-refractivity contribution in [1.29, 1.82) is 0 Å². The second-order valence-corrected chi connectivity index (χ2v) is 22.3. The van der Waals surface area contributed by atoms with Crippen LogP contribution in [0.15, 0.2) is 74.5 Å². The number of halogens is 1. The molecule has 0 bridgehead atoms. The Hall–Kier alpha value is -5.61. The molecule has 3 N–H and O–H groups in total. The lowest BCUT2D eigenvalue weighted by atomic mass is 9.99. The number of ether oxygens (including phenoxy) is 1. The minimum atomic E-state index is -2.75. The van der Waals surface area contributed by atoms with E-state index >= 15 is 0 Å². The Balaban J connectivity index is 0.826. The van der Waals surface area contributed by atoms with Gasteiger partial charge in [-0.3, -0.25) is 29.4 Å². The molecule has 6 aromatic rings. The van der Waals surface area contributed by atoms with Crippen LogP contribution >= 0.6 is 23.1 Å². The predicted octanol–water partition coefficient (Wildman–Crippen LogP) is 7.76. The fourth-order valence-electron chi connectivity index (χ4n) is 10.1. The molecule has 16 nitrogen and oxygen atoms in total. The highest BCUT2D eigenvalue weighted by molar-refractivity contribution is 9.10. The molecule has 3 aromatic heterocycles. The molecule has 358 valence electrons. The zero-order valence-electron chi connectivity index (χ0n) is 39.4. The van der Waals surface area contributed by atoms with Gasteiger partial charge in [-0.05, 0) is 116 Å². The average Bonchev–Trinajstić information content (AvgIpc) is 3.67. The largest absolute Gasteiger partial charge is 0.492 e. The molecule has 3 fully saturated rings. The van der Waals surface area contributed by atoms with Gasteiger partial charge < -0.3 is 34.2 Å². The number of imide groups is 1. The van der Waals surface area contributed by atoms with Gasteiger partial charge in [0.25, 0.3) is 0 Å². The maximum Gasteiger partial charge on any atom is 0.420 e. The predicted molar refractivity (Wildman–Crippen MR) is 272 cm³/mol. The number of hydrogen-bond acceptors (Lipinski definition) is 14. The Morgan fingerprint density at radius 3 is 2.40 bits per heavy atom. The molecule has 6 heterocycles. The Morgan fingerprint density at radius 2 is 1.68 bits per heavy atom. The minimum absolute atomic E-state index is 0.188. The quantitative estimate of drug-likeness (QED) is 0.0671. The van der Waals surface area contributed by atoms with Crippen LogP contribution in [0.25, 0.3) is 22.0 Å². The van der Waals surface area contributed by atoms with Gasteiger partial charge in [-0.25, -0.2) is 9.78 Å². The van der Waals surface area contributed by atoms with E-state index in [-0.39, 0.29) is 18.7 Å². The van der Waals surface area contributed by atoms with Crippen molar-refractivity contribution in [2.45, 2.75) is 77.8 Å². The van der Waals surface area contributed by atoms with Crippen molar-refractivity contribution in [2.75, 3.05) is 81.3 Å². The molecule has 3 saturated heterocycles. The van der Waals surface area contributed by atoms with Crippen LogP contribution < -0.4 is 36.6 Å². The van der Waals surface area contributed by atoms with Crippen molar-refractivity contribution in [3.05, 3.63) is 92.6 Å². The number of pyridine rings is 1. The molecule has 0 aliphatic carbocycles. The van der Waals surface area contributed by atoms with Crippen molar-refractivity contribution >= 4 is 91.0 Å². The number of aromatic nitrogens is 4. The molecule has 9 rings (SSSR count). The first-order valence-corrected chi connectivity index (χ1v) is 27.2. The fourth-order valence-corrected chi connectivity index (χ4v) is 11.8. The number of rotatable bonds is 15. The van der Waals surface area contributed by atoms with Gasteiger partial charge in [-0.1, -0.05) is 32.0 Å². The topological polar surface area (TPSA) is 180 Å². The number of benzene rings is 3. The summed E-state index contributed by atoms with van der Waals surface area (Å²) in [5, 5.41) is 10.9. The summed E-state index contributed by atoms with van der Waals surface area (Å²) in [5.74, 6) is 0.307. The van der Waals surface area contributed by atoms with Crippen LogP contribution in [-0.4, -0.2) is 113 Å². The second-order valence-electron chi connectivity index (χ2n) is 18.3. The molecule has 0 radical (unpaired) electrons. The third-order valence-electron chi connectivity index (χ3n) is 13.6. The van der Waals surface area contributed by atoms with Crippen LogP contribution in [0.3, 0.4) is 0 Å². The Labute approximate surface area is 404 Å². The lowest BCUT2D eigenvalue weighted by Gasteiger charge is -2.43.